The number of nitrogens with one attached hydrogen (secondary N) is 1. The van der Waals surface area contributed by atoms with Crippen molar-refractivity contribution in [1.29, 1.82) is 0 Å². The van der Waals surface area contributed by atoms with Gasteiger partial charge in [-0.05, 0) is 30.7 Å². The molecule has 0 aliphatic carbocycles. The molecule has 1 amide bonds. The summed E-state index contributed by atoms with van der Waals surface area (Å²) in [6.07, 6.45) is 3.83. The van der Waals surface area contributed by atoms with Crippen molar-refractivity contribution < 1.29 is 9.90 Å². The first-order chi connectivity index (χ1) is 9.33. The number of aliphatic hydroxyl groups is 1. The highest BCUT2D eigenvalue weighted by atomic mass is 16.3. The molecule has 0 saturated carbocycles. The topological polar surface area (TPSA) is 75.1 Å². The number of nitrogens with zero attached hydrogens (tertiary/aromatic N) is 2. The van der Waals surface area contributed by atoms with E-state index in [4.69, 9.17) is 5.11 Å². The first-order valence-electron chi connectivity index (χ1n) is 6.08. The summed E-state index contributed by atoms with van der Waals surface area (Å²) in [5, 5.41) is 11.5. The Morgan fingerprint density at radius 3 is 2.74 bits per heavy atom. The van der Waals surface area contributed by atoms with Gasteiger partial charge in [0, 0.05) is 25.5 Å². The summed E-state index contributed by atoms with van der Waals surface area (Å²) < 4.78 is 0. The van der Waals surface area contributed by atoms with Crippen LogP contribution in [0, 0.1) is 0 Å². The molecule has 0 unspecified atom stereocenters. The van der Waals surface area contributed by atoms with E-state index in [1.165, 1.54) is 0 Å². The molecule has 0 aliphatic heterocycles. The number of rotatable bonds is 5. The normalized spacial score (nSPS) is 10.2. The summed E-state index contributed by atoms with van der Waals surface area (Å²) in [5.74, 6) is -0.206. The maximum Gasteiger partial charge on any atom is 0.253 e. The number of hydrogen-bond donors (Lipinski definition) is 2. The van der Waals surface area contributed by atoms with E-state index in [1.54, 1.807) is 24.5 Å². The van der Waals surface area contributed by atoms with Crippen LogP contribution >= 0.6 is 0 Å². The van der Waals surface area contributed by atoms with Gasteiger partial charge in [0.25, 0.3) is 5.91 Å². The smallest absolute Gasteiger partial charge is 0.253 e. The number of amides is 1. The van der Waals surface area contributed by atoms with E-state index in [0.717, 1.165) is 0 Å². The zero-order valence-electron chi connectivity index (χ0n) is 10.4. The van der Waals surface area contributed by atoms with E-state index in [2.05, 4.69) is 15.3 Å². The fourth-order valence-corrected chi connectivity index (χ4v) is 1.67. The van der Waals surface area contributed by atoms with Gasteiger partial charge in [-0.25, -0.2) is 0 Å². The lowest BCUT2D eigenvalue weighted by Crippen LogP contribution is -2.25. The van der Waals surface area contributed by atoms with E-state index >= 15 is 0 Å². The predicted octanol–water partition coefficient (Wildman–Crippen LogP) is 1.26. The SMILES string of the molecule is O=C(NCCCO)c1cccnc1-c1ccccn1. The summed E-state index contributed by atoms with van der Waals surface area (Å²) in [5.41, 5.74) is 1.71. The van der Waals surface area contributed by atoms with Gasteiger partial charge < -0.3 is 10.4 Å². The fourth-order valence-electron chi connectivity index (χ4n) is 1.67. The minimum Gasteiger partial charge on any atom is -0.396 e. The number of aliphatic hydroxyl groups excluding tert-OH is 1. The van der Waals surface area contributed by atoms with Crippen LogP contribution in [0.5, 0.6) is 0 Å². The maximum absolute atomic E-state index is 12.1. The van der Waals surface area contributed by atoms with Crippen molar-refractivity contribution in [3.63, 3.8) is 0 Å². The third-order valence-corrected chi connectivity index (χ3v) is 2.58. The molecule has 0 radical (unpaired) electrons. The van der Waals surface area contributed by atoms with Crippen molar-refractivity contribution >= 4 is 5.91 Å². The minimum absolute atomic E-state index is 0.0560. The molecular formula is C14H15N3O2. The van der Waals surface area contributed by atoms with Crippen LogP contribution in [0.2, 0.25) is 0 Å². The Morgan fingerprint density at radius 2 is 2.00 bits per heavy atom. The number of carbonyl (C=O) groups is 1. The highest BCUT2D eigenvalue weighted by molar-refractivity contribution is 5.99. The number of aromatic nitrogens is 2. The average Bonchev–Trinajstić information content (AvgIpc) is 2.48. The Bertz CT molecular complexity index is 543. The van der Waals surface area contributed by atoms with E-state index in [1.807, 2.05) is 18.2 Å². The van der Waals surface area contributed by atoms with E-state index < -0.39 is 0 Å². The van der Waals surface area contributed by atoms with Crippen LogP contribution in [0.3, 0.4) is 0 Å². The van der Waals surface area contributed by atoms with Gasteiger partial charge in [-0.15, -0.1) is 0 Å². The van der Waals surface area contributed by atoms with E-state index in [9.17, 15) is 4.79 Å². The van der Waals surface area contributed by atoms with Gasteiger partial charge in [0.1, 0.15) is 5.69 Å². The lowest BCUT2D eigenvalue weighted by molar-refractivity contribution is 0.0951. The molecule has 2 N–H and O–H groups in total. The lowest BCUT2D eigenvalue weighted by atomic mass is 10.1. The fraction of sp³-hybridized carbons (Fsp3) is 0.214. The summed E-state index contributed by atoms with van der Waals surface area (Å²) in [7, 11) is 0. The quantitative estimate of drug-likeness (QED) is 0.791. The van der Waals surface area contributed by atoms with Crippen LogP contribution in [0.4, 0.5) is 0 Å². The van der Waals surface area contributed by atoms with Crippen molar-refractivity contribution in [2.24, 2.45) is 0 Å². The molecule has 5 heteroatoms. The molecule has 2 heterocycles. The predicted molar refractivity (Wildman–Crippen MR) is 71.5 cm³/mol. The molecule has 0 aliphatic rings. The van der Waals surface area contributed by atoms with Gasteiger partial charge >= 0.3 is 0 Å². The van der Waals surface area contributed by atoms with Crippen molar-refractivity contribution in [3.8, 4) is 11.4 Å². The van der Waals surface area contributed by atoms with Gasteiger partial charge in [0.2, 0.25) is 0 Å². The molecule has 0 atom stereocenters. The molecule has 5 nitrogen and oxygen atoms in total. The van der Waals surface area contributed by atoms with Gasteiger partial charge in [-0.1, -0.05) is 6.07 Å². The highest BCUT2D eigenvalue weighted by Crippen LogP contribution is 2.18. The molecule has 0 spiro atoms. The number of hydrogen-bond acceptors (Lipinski definition) is 4. The van der Waals surface area contributed by atoms with Crippen molar-refractivity contribution in [1.82, 2.24) is 15.3 Å². The molecule has 0 saturated heterocycles. The second-order valence-corrected chi connectivity index (χ2v) is 3.95. The zero-order chi connectivity index (χ0) is 13.5. The van der Waals surface area contributed by atoms with Gasteiger partial charge in [0.15, 0.2) is 0 Å². The molecule has 2 rings (SSSR count). The van der Waals surface area contributed by atoms with Crippen molar-refractivity contribution in [3.05, 3.63) is 48.3 Å². The van der Waals surface area contributed by atoms with Crippen molar-refractivity contribution in [2.75, 3.05) is 13.2 Å². The van der Waals surface area contributed by atoms with Crippen LogP contribution in [-0.2, 0) is 0 Å². The minimum atomic E-state index is -0.206. The molecule has 0 bridgehead atoms. The Kier molecular flexibility index (Phi) is 4.58. The molecule has 19 heavy (non-hydrogen) atoms. The number of pyridine rings is 2. The second-order valence-electron chi connectivity index (χ2n) is 3.95. The molecule has 2 aromatic heterocycles. The van der Waals surface area contributed by atoms with Gasteiger partial charge in [0.05, 0.1) is 11.3 Å². The molecule has 2 aromatic rings. The summed E-state index contributed by atoms with van der Waals surface area (Å²) >= 11 is 0. The summed E-state index contributed by atoms with van der Waals surface area (Å²) in [4.78, 5) is 20.5. The van der Waals surface area contributed by atoms with Gasteiger partial charge in [-0.3, -0.25) is 14.8 Å². The Hall–Kier alpha value is -2.27. The first-order valence-corrected chi connectivity index (χ1v) is 6.08. The van der Waals surface area contributed by atoms with Gasteiger partial charge in [-0.2, -0.15) is 0 Å². The average molecular weight is 257 g/mol. The van der Waals surface area contributed by atoms with Crippen LogP contribution in [0.1, 0.15) is 16.8 Å². The Labute approximate surface area is 111 Å². The van der Waals surface area contributed by atoms with Crippen LogP contribution in [-0.4, -0.2) is 34.1 Å². The molecule has 0 fully saturated rings. The summed E-state index contributed by atoms with van der Waals surface area (Å²) in [6.45, 7) is 0.492. The summed E-state index contributed by atoms with van der Waals surface area (Å²) in [6, 6.07) is 8.91. The van der Waals surface area contributed by atoms with Crippen LogP contribution in [0.15, 0.2) is 42.7 Å². The third kappa shape index (κ3) is 3.35. The lowest BCUT2D eigenvalue weighted by Gasteiger charge is -2.08. The monoisotopic (exact) mass is 257 g/mol. The van der Waals surface area contributed by atoms with Crippen molar-refractivity contribution in [2.45, 2.75) is 6.42 Å². The Balaban J connectivity index is 2.24. The van der Waals surface area contributed by atoms with E-state index in [-0.39, 0.29) is 12.5 Å². The molecule has 98 valence electrons. The first kappa shape index (κ1) is 13.2. The Morgan fingerprint density at radius 1 is 1.16 bits per heavy atom. The molecule has 0 aromatic carbocycles. The maximum atomic E-state index is 12.1. The third-order valence-electron chi connectivity index (χ3n) is 2.58. The second kappa shape index (κ2) is 6.61. The standard InChI is InChI=1S/C14H15N3O2/c18-10-4-9-17-14(19)11-5-3-8-16-13(11)12-6-1-2-7-15-12/h1-3,5-8,18H,4,9-10H2,(H,17,19). The van der Waals surface area contributed by atoms with Crippen LogP contribution in [0.25, 0.3) is 11.4 Å². The zero-order valence-corrected chi connectivity index (χ0v) is 10.4. The van der Waals surface area contributed by atoms with E-state index in [0.29, 0.717) is 29.9 Å². The highest BCUT2D eigenvalue weighted by Gasteiger charge is 2.13. The largest absolute Gasteiger partial charge is 0.396 e. The number of carbonyl (C=O) groups excluding carboxylic acids is 1. The molecular weight excluding hydrogens is 242 g/mol. The van der Waals surface area contributed by atoms with Crippen LogP contribution < -0.4 is 5.32 Å².